The Morgan fingerprint density at radius 2 is 1.69 bits per heavy atom. The minimum atomic E-state index is -3.87. The molecule has 164 valence electrons. The molecule has 1 aliphatic rings. The van der Waals surface area contributed by atoms with Crippen LogP contribution in [-0.4, -0.2) is 42.2 Å². The number of nitrogens with one attached hydrogen (secondary N) is 1. The van der Waals surface area contributed by atoms with Gasteiger partial charge in [-0.2, -0.15) is 9.41 Å². The summed E-state index contributed by atoms with van der Waals surface area (Å²) in [7, 11) is -3.87. The SMILES string of the molecule is CCN(CC)S(=O)(=O)c1ccc(N/N=C2\C(=O)c3cccc4cccc2c34)c([N+](=O)[O-])c1. The highest BCUT2D eigenvalue weighted by atomic mass is 32.2. The minimum Gasteiger partial charge on any atom is -0.287 e. The molecule has 0 radical (unpaired) electrons. The van der Waals surface area contributed by atoms with Crippen LogP contribution in [0.2, 0.25) is 0 Å². The molecule has 0 aliphatic heterocycles. The summed E-state index contributed by atoms with van der Waals surface area (Å²) in [5.41, 5.74) is 3.43. The van der Waals surface area contributed by atoms with E-state index in [0.717, 1.165) is 16.8 Å². The van der Waals surface area contributed by atoms with Crippen molar-refractivity contribution in [1.29, 1.82) is 0 Å². The Morgan fingerprint density at radius 1 is 1.03 bits per heavy atom. The van der Waals surface area contributed by atoms with Crippen LogP contribution in [-0.2, 0) is 10.0 Å². The number of Topliss-reactive ketones (excluding diaryl/α,β-unsaturated/α-hetero) is 1. The molecule has 0 spiro atoms. The zero-order valence-corrected chi connectivity index (χ0v) is 18.2. The molecule has 4 rings (SSSR count). The molecule has 10 heteroatoms. The van der Waals surface area contributed by atoms with Crippen LogP contribution in [0.4, 0.5) is 11.4 Å². The highest BCUT2D eigenvalue weighted by Crippen LogP contribution is 2.32. The summed E-state index contributed by atoms with van der Waals surface area (Å²) in [5, 5.41) is 17.5. The molecular weight excluding hydrogens is 432 g/mol. The van der Waals surface area contributed by atoms with Crippen molar-refractivity contribution in [3.8, 4) is 0 Å². The summed E-state index contributed by atoms with van der Waals surface area (Å²) in [6.45, 7) is 3.88. The fourth-order valence-corrected chi connectivity index (χ4v) is 5.31. The number of anilines is 1. The molecule has 3 aromatic rings. The van der Waals surface area contributed by atoms with Gasteiger partial charge in [-0.05, 0) is 17.5 Å². The second-order valence-corrected chi connectivity index (χ2v) is 9.07. The number of sulfonamides is 1. The Labute approximate surface area is 184 Å². The summed E-state index contributed by atoms with van der Waals surface area (Å²) >= 11 is 0. The number of rotatable bonds is 7. The van der Waals surface area contributed by atoms with E-state index in [4.69, 9.17) is 0 Å². The third-order valence-electron chi connectivity index (χ3n) is 5.42. The van der Waals surface area contributed by atoms with Gasteiger partial charge in [-0.3, -0.25) is 20.3 Å². The van der Waals surface area contributed by atoms with Gasteiger partial charge in [0, 0.05) is 35.7 Å². The first kappa shape index (κ1) is 21.6. The average Bonchev–Trinajstić information content (AvgIpc) is 3.06. The first-order valence-corrected chi connectivity index (χ1v) is 11.4. The zero-order valence-electron chi connectivity index (χ0n) is 17.4. The van der Waals surface area contributed by atoms with Gasteiger partial charge in [0.1, 0.15) is 11.4 Å². The predicted molar refractivity (Wildman–Crippen MR) is 122 cm³/mol. The minimum absolute atomic E-state index is 0.0167. The van der Waals surface area contributed by atoms with Crippen LogP contribution in [0, 0.1) is 10.1 Å². The molecule has 0 heterocycles. The molecule has 0 amide bonds. The first-order chi connectivity index (χ1) is 15.3. The van der Waals surface area contributed by atoms with Crippen molar-refractivity contribution in [3.63, 3.8) is 0 Å². The molecule has 32 heavy (non-hydrogen) atoms. The Kier molecular flexibility index (Phi) is 5.49. The number of hydrogen-bond acceptors (Lipinski definition) is 7. The number of benzene rings is 3. The van der Waals surface area contributed by atoms with E-state index >= 15 is 0 Å². The van der Waals surface area contributed by atoms with Crippen molar-refractivity contribution in [2.45, 2.75) is 18.7 Å². The lowest BCUT2D eigenvalue weighted by atomic mass is 10.1. The van der Waals surface area contributed by atoms with Crippen LogP contribution in [0.25, 0.3) is 10.8 Å². The summed E-state index contributed by atoms with van der Waals surface area (Å²) < 4.78 is 26.7. The van der Waals surface area contributed by atoms with Crippen LogP contribution in [0.15, 0.2) is 64.6 Å². The molecule has 0 saturated heterocycles. The first-order valence-electron chi connectivity index (χ1n) is 9.98. The van der Waals surface area contributed by atoms with Crippen molar-refractivity contribution >= 4 is 43.7 Å². The van der Waals surface area contributed by atoms with E-state index in [1.54, 1.807) is 32.0 Å². The smallest absolute Gasteiger partial charge is 0.287 e. The third kappa shape index (κ3) is 3.43. The third-order valence-corrected chi connectivity index (χ3v) is 7.46. The van der Waals surface area contributed by atoms with E-state index in [0.29, 0.717) is 11.1 Å². The summed E-state index contributed by atoms with van der Waals surface area (Å²) in [6.07, 6.45) is 0. The molecule has 9 nitrogen and oxygen atoms in total. The van der Waals surface area contributed by atoms with Crippen molar-refractivity contribution in [2.24, 2.45) is 5.10 Å². The number of ketones is 1. The van der Waals surface area contributed by atoms with Crippen molar-refractivity contribution in [3.05, 3.63) is 75.8 Å². The van der Waals surface area contributed by atoms with Crippen LogP contribution in [0.1, 0.15) is 29.8 Å². The van der Waals surface area contributed by atoms with Crippen LogP contribution in [0.5, 0.6) is 0 Å². The maximum Gasteiger partial charge on any atom is 0.295 e. The number of carbonyl (C=O) groups is 1. The number of nitro groups is 1. The van der Waals surface area contributed by atoms with Gasteiger partial charge in [0.05, 0.1) is 9.82 Å². The number of hydrogen-bond donors (Lipinski definition) is 1. The molecule has 1 aliphatic carbocycles. The van der Waals surface area contributed by atoms with E-state index in [1.165, 1.54) is 16.4 Å². The monoisotopic (exact) mass is 452 g/mol. The summed E-state index contributed by atoms with van der Waals surface area (Å²) in [6, 6.07) is 14.4. The molecule has 1 N–H and O–H groups in total. The quantitative estimate of drug-likeness (QED) is 0.430. The fourth-order valence-electron chi connectivity index (χ4n) is 3.83. The average molecular weight is 452 g/mol. The standard InChI is InChI=1S/C22H20N4O5S/c1-3-25(4-2)32(30,31)15-11-12-18(19(13-15)26(28)29)23-24-21-16-9-5-7-14-8-6-10-17(20(14)16)22(21)27/h5-13,23H,3-4H2,1-2H3/b24-21-. The molecule has 0 unspecified atom stereocenters. The van der Waals surface area contributed by atoms with Gasteiger partial charge in [-0.1, -0.05) is 50.2 Å². The van der Waals surface area contributed by atoms with E-state index < -0.39 is 20.6 Å². The van der Waals surface area contributed by atoms with E-state index in [9.17, 15) is 23.3 Å². The van der Waals surface area contributed by atoms with Gasteiger partial charge in [-0.15, -0.1) is 0 Å². The number of nitro benzene ring substituents is 1. The highest BCUT2D eigenvalue weighted by molar-refractivity contribution is 7.89. The topological polar surface area (TPSA) is 122 Å². The fraction of sp³-hybridized carbons (Fsp3) is 0.182. The Bertz CT molecular complexity index is 1390. The molecule has 0 atom stereocenters. The van der Waals surface area contributed by atoms with Gasteiger partial charge >= 0.3 is 0 Å². The predicted octanol–water partition coefficient (Wildman–Crippen LogP) is 3.79. The highest BCUT2D eigenvalue weighted by Gasteiger charge is 2.30. The van der Waals surface area contributed by atoms with Crippen LogP contribution >= 0.6 is 0 Å². The summed E-state index contributed by atoms with van der Waals surface area (Å²) in [5.74, 6) is -0.285. The van der Waals surface area contributed by atoms with E-state index in [2.05, 4.69) is 10.5 Å². The van der Waals surface area contributed by atoms with Crippen molar-refractivity contribution < 1.29 is 18.1 Å². The van der Waals surface area contributed by atoms with Gasteiger partial charge in [0.15, 0.2) is 0 Å². The summed E-state index contributed by atoms with van der Waals surface area (Å²) in [4.78, 5) is 23.6. The maximum absolute atomic E-state index is 12.9. The lowest BCUT2D eigenvalue weighted by Crippen LogP contribution is -2.30. The Morgan fingerprint density at radius 3 is 2.31 bits per heavy atom. The molecule has 0 saturated carbocycles. The van der Waals surface area contributed by atoms with Gasteiger partial charge in [0.25, 0.3) is 5.69 Å². The molecule has 3 aromatic carbocycles. The Balaban J connectivity index is 1.73. The number of hydrazone groups is 1. The largest absolute Gasteiger partial charge is 0.295 e. The van der Waals surface area contributed by atoms with E-state index in [1.807, 2.05) is 18.2 Å². The number of carbonyl (C=O) groups excluding carboxylic acids is 1. The van der Waals surface area contributed by atoms with Crippen LogP contribution in [0.3, 0.4) is 0 Å². The van der Waals surface area contributed by atoms with Gasteiger partial charge < -0.3 is 0 Å². The molecule has 0 bridgehead atoms. The maximum atomic E-state index is 12.9. The van der Waals surface area contributed by atoms with E-state index in [-0.39, 0.29) is 35.2 Å². The van der Waals surface area contributed by atoms with Crippen LogP contribution < -0.4 is 5.43 Å². The van der Waals surface area contributed by atoms with Gasteiger partial charge in [-0.25, -0.2) is 8.42 Å². The number of nitrogens with zero attached hydrogens (tertiary/aromatic N) is 3. The lowest BCUT2D eigenvalue weighted by Gasteiger charge is -2.18. The second-order valence-electron chi connectivity index (χ2n) is 7.14. The second kappa shape index (κ2) is 8.13. The normalized spacial score (nSPS) is 14.5. The Hall–Kier alpha value is -3.63. The van der Waals surface area contributed by atoms with Gasteiger partial charge in [0.2, 0.25) is 15.8 Å². The molecule has 0 fully saturated rings. The van der Waals surface area contributed by atoms with Crippen molar-refractivity contribution in [1.82, 2.24) is 4.31 Å². The zero-order chi connectivity index (χ0) is 23.0. The molecule has 0 aromatic heterocycles. The van der Waals surface area contributed by atoms with Crippen molar-refractivity contribution in [2.75, 3.05) is 18.5 Å². The lowest BCUT2D eigenvalue weighted by molar-refractivity contribution is -0.384. The molecular formula is C22H20N4O5S.